The van der Waals surface area contributed by atoms with Crippen LogP contribution in [0.15, 0.2) is 12.1 Å². The van der Waals surface area contributed by atoms with Gasteiger partial charge in [0.25, 0.3) is 0 Å². The van der Waals surface area contributed by atoms with Crippen molar-refractivity contribution in [2.45, 2.75) is 39.7 Å². The highest BCUT2D eigenvalue weighted by Gasteiger charge is 2.17. The Kier molecular flexibility index (Phi) is 4.54. The van der Waals surface area contributed by atoms with E-state index in [9.17, 15) is 0 Å². The number of hydrogen-bond acceptors (Lipinski definition) is 3. The van der Waals surface area contributed by atoms with E-state index < -0.39 is 5.54 Å². The fraction of sp³-hybridized carbons (Fsp3) is 0.571. The van der Waals surface area contributed by atoms with E-state index >= 15 is 0 Å². The second kappa shape index (κ2) is 5.52. The van der Waals surface area contributed by atoms with E-state index in [1.54, 1.807) is 0 Å². The summed E-state index contributed by atoms with van der Waals surface area (Å²) in [5.74, 6) is 0.935. The molecule has 0 radical (unpaired) electrons. The lowest BCUT2D eigenvalue weighted by molar-refractivity contribution is 0.174. The molecule has 0 aliphatic carbocycles. The maximum Gasteiger partial charge on any atom is 0.125 e. The predicted octanol–water partition coefficient (Wildman–Crippen LogP) is 2.09. The van der Waals surface area contributed by atoms with E-state index in [2.05, 4.69) is 19.1 Å². The molecule has 3 N–H and O–H groups in total. The number of aryl methyl sites for hydroxylation is 3. The van der Waals surface area contributed by atoms with Gasteiger partial charge in [-0.2, -0.15) is 0 Å². The Hall–Kier alpha value is -1.06. The second-order valence-corrected chi connectivity index (χ2v) is 5.14. The van der Waals surface area contributed by atoms with Crippen LogP contribution in [-0.4, -0.2) is 23.9 Å². The third-order valence-electron chi connectivity index (χ3n) is 2.89. The Bertz CT molecular complexity index is 363. The van der Waals surface area contributed by atoms with Gasteiger partial charge in [-0.25, -0.2) is 0 Å². The molecule has 1 unspecified atom stereocenters. The normalized spacial score (nSPS) is 14.5. The molecule has 3 heteroatoms. The molecular weight excluding hydrogens is 214 g/mol. The summed E-state index contributed by atoms with van der Waals surface area (Å²) < 4.78 is 5.77. The van der Waals surface area contributed by atoms with Crippen LogP contribution < -0.4 is 10.5 Å². The summed E-state index contributed by atoms with van der Waals surface area (Å²) in [5.41, 5.74) is 8.82. The van der Waals surface area contributed by atoms with Crippen molar-refractivity contribution < 1.29 is 9.84 Å². The van der Waals surface area contributed by atoms with Crippen molar-refractivity contribution >= 4 is 0 Å². The summed E-state index contributed by atoms with van der Waals surface area (Å²) in [6.45, 7) is 8.49. The molecule has 0 heterocycles. The molecule has 1 atom stereocenters. The van der Waals surface area contributed by atoms with Crippen LogP contribution in [0.2, 0.25) is 0 Å². The molecule has 1 aromatic carbocycles. The van der Waals surface area contributed by atoms with Gasteiger partial charge >= 0.3 is 0 Å². The first kappa shape index (κ1) is 14.0. The smallest absolute Gasteiger partial charge is 0.125 e. The van der Waals surface area contributed by atoms with Crippen LogP contribution in [0.1, 0.15) is 30.0 Å². The zero-order chi connectivity index (χ0) is 13.1. The van der Waals surface area contributed by atoms with E-state index in [0.717, 1.165) is 16.9 Å². The Morgan fingerprint density at radius 1 is 1.24 bits per heavy atom. The molecule has 0 spiro atoms. The van der Waals surface area contributed by atoms with Gasteiger partial charge in [-0.15, -0.1) is 0 Å². The van der Waals surface area contributed by atoms with Crippen LogP contribution >= 0.6 is 0 Å². The standard InChI is InChI=1S/C14H23NO2/c1-10-7-11(2)13(12(3)8-10)17-6-5-14(4,15)9-16/h7-8,16H,5-6,9,15H2,1-4H3. The Morgan fingerprint density at radius 2 is 1.76 bits per heavy atom. The average Bonchev–Trinajstić information content (AvgIpc) is 2.22. The summed E-state index contributed by atoms with van der Waals surface area (Å²) in [5, 5.41) is 9.06. The van der Waals surface area contributed by atoms with Gasteiger partial charge in [0.15, 0.2) is 0 Å². The summed E-state index contributed by atoms with van der Waals surface area (Å²) in [4.78, 5) is 0. The number of aliphatic hydroxyl groups excluding tert-OH is 1. The predicted molar refractivity (Wildman–Crippen MR) is 70.4 cm³/mol. The number of aliphatic hydroxyl groups is 1. The monoisotopic (exact) mass is 237 g/mol. The lowest BCUT2D eigenvalue weighted by Gasteiger charge is -2.22. The van der Waals surface area contributed by atoms with Gasteiger partial charge in [0.1, 0.15) is 5.75 Å². The fourth-order valence-electron chi connectivity index (χ4n) is 1.86. The molecule has 1 aromatic rings. The minimum absolute atomic E-state index is 0.0256. The van der Waals surface area contributed by atoms with Crippen molar-refractivity contribution in [1.29, 1.82) is 0 Å². The van der Waals surface area contributed by atoms with Gasteiger partial charge in [-0.05, 0) is 38.8 Å². The van der Waals surface area contributed by atoms with E-state index in [1.165, 1.54) is 5.56 Å². The Balaban J connectivity index is 2.64. The molecule has 0 saturated heterocycles. The van der Waals surface area contributed by atoms with Gasteiger partial charge in [0.2, 0.25) is 0 Å². The van der Waals surface area contributed by atoms with Gasteiger partial charge < -0.3 is 15.6 Å². The number of ether oxygens (including phenoxy) is 1. The summed E-state index contributed by atoms with van der Waals surface area (Å²) in [6.07, 6.45) is 0.635. The van der Waals surface area contributed by atoms with Gasteiger partial charge in [0.05, 0.1) is 13.2 Å². The highest BCUT2D eigenvalue weighted by Crippen LogP contribution is 2.24. The number of hydrogen-bond donors (Lipinski definition) is 2. The SMILES string of the molecule is Cc1cc(C)c(OCCC(C)(N)CO)c(C)c1. The van der Waals surface area contributed by atoms with Crippen molar-refractivity contribution in [3.8, 4) is 5.75 Å². The summed E-state index contributed by atoms with van der Waals surface area (Å²) in [7, 11) is 0. The zero-order valence-corrected chi connectivity index (χ0v) is 11.2. The fourth-order valence-corrected chi connectivity index (χ4v) is 1.86. The van der Waals surface area contributed by atoms with E-state index in [4.69, 9.17) is 15.6 Å². The third kappa shape index (κ3) is 4.02. The largest absolute Gasteiger partial charge is 0.493 e. The Morgan fingerprint density at radius 3 is 2.24 bits per heavy atom. The summed E-state index contributed by atoms with van der Waals surface area (Å²) >= 11 is 0. The molecule has 0 amide bonds. The lowest BCUT2D eigenvalue weighted by atomic mass is 10.0. The highest BCUT2D eigenvalue weighted by molar-refractivity contribution is 5.42. The van der Waals surface area contributed by atoms with Gasteiger partial charge in [-0.3, -0.25) is 0 Å². The third-order valence-corrected chi connectivity index (χ3v) is 2.89. The quantitative estimate of drug-likeness (QED) is 0.824. The Labute approximate surface area is 104 Å². The highest BCUT2D eigenvalue weighted by atomic mass is 16.5. The van der Waals surface area contributed by atoms with Crippen molar-refractivity contribution in [2.75, 3.05) is 13.2 Å². The topological polar surface area (TPSA) is 55.5 Å². The van der Waals surface area contributed by atoms with E-state index in [1.807, 2.05) is 20.8 Å². The van der Waals surface area contributed by atoms with Crippen molar-refractivity contribution in [3.05, 3.63) is 28.8 Å². The van der Waals surface area contributed by atoms with Crippen LogP contribution in [0, 0.1) is 20.8 Å². The van der Waals surface area contributed by atoms with Crippen LogP contribution in [0.4, 0.5) is 0 Å². The summed E-state index contributed by atoms with van der Waals surface area (Å²) in [6, 6.07) is 4.21. The van der Waals surface area contributed by atoms with Crippen molar-refractivity contribution in [3.63, 3.8) is 0 Å². The molecule has 0 saturated carbocycles. The molecule has 0 fully saturated rings. The molecule has 1 rings (SSSR count). The van der Waals surface area contributed by atoms with Crippen molar-refractivity contribution in [2.24, 2.45) is 5.73 Å². The molecule has 17 heavy (non-hydrogen) atoms. The molecule has 96 valence electrons. The maximum absolute atomic E-state index is 9.06. The van der Waals surface area contributed by atoms with E-state index in [0.29, 0.717) is 13.0 Å². The molecular formula is C14H23NO2. The number of rotatable bonds is 5. The van der Waals surface area contributed by atoms with Gasteiger partial charge in [-0.1, -0.05) is 17.7 Å². The van der Waals surface area contributed by atoms with Crippen molar-refractivity contribution in [1.82, 2.24) is 0 Å². The van der Waals surface area contributed by atoms with Crippen LogP contribution in [0.25, 0.3) is 0 Å². The van der Waals surface area contributed by atoms with Crippen LogP contribution in [0.3, 0.4) is 0 Å². The molecule has 0 aliphatic heterocycles. The molecule has 0 aliphatic rings. The zero-order valence-electron chi connectivity index (χ0n) is 11.2. The number of nitrogens with two attached hydrogens (primary N) is 1. The van der Waals surface area contributed by atoms with Crippen LogP contribution in [-0.2, 0) is 0 Å². The lowest BCUT2D eigenvalue weighted by Crippen LogP contribution is -2.41. The number of benzene rings is 1. The first-order valence-corrected chi connectivity index (χ1v) is 5.96. The van der Waals surface area contributed by atoms with E-state index in [-0.39, 0.29) is 6.61 Å². The maximum atomic E-state index is 9.06. The van der Waals surface area contributed by atoms with Gasteiger partial charge in [0, 0.05) is 12.0 Å². The average molecular weight is 237 g/mol. The second-order valence-electron chi connectivity index (χ2n) is 5.14. The molecule has 3 nitrogen and oxygen atoms in total. The minimum atomic E-state index is -0.563. The van der Waals surface area contributed by atoms with Crippen LogP contribution in [0.5, 0.6) is 5.75 Å². The first-order chi connectivity index (χ1) is 7.85. The molecule has 0 bridgehead atoms. The first-order valence-electron chi connectivity index (χ1n) is 5.96. The molecule has 0 aromatic heterocycles. The minimum Gasteiger partial charge on any atom is -0.493 e.